The standard InChI is InChI=1S/C14H14N4O2/c1-17-6-7-18(12-5-3-2-4-11(12)17)13-9-15-10(8-16-13)14(19)20/h2-5,8-9H,6-7H2,1H3,(H,19,20). The molecule has 0 bridgehead atoms. The fourth-order valence-electron chi connectivity index (χ4n) is 2.32. The summed E-state index contributed by atoms with van der Waals surface area (Å²) >= 11 is 0. The number of anilines is 3. The third-order valence-electron chi connectivity index (χ3n) is 3.38. The van der Waals surface area contributed by atoms with Crippen molar-refractivity contribution in [1.82, 2.24) is 9.97 Å². The Kier molecular flexibility index (Phi) is 2.98. The molecule has 0 saturated heterocycles. The van der Waals surface area contributed by atoms with Crippen LogP contribution in [0.2, 0.25) is 0 Å². The summed E-state index contributed by atoms with van der Waals surface area (Å²) in [5.74, 6) is -0.404. The van der Waals surface area contributed by atoms with Gasteiger partial charge in [-0.3, -0.25) is 0 Å². The first kappa shape index (κ1) is 12.4. The molecule has 0 amide bonds. The Morgan fingerprint density at radius 3 is 2.55 bits per heavy atom. The second kappa shape index (κ2) is 4.80. The van der Waals surface area contributed by atoms with Crippen molar-refractivity contribution in [2.45, 2.75) is 0 Å². The van der Waals surface area contributed by atoms with Gasteiger partial charge in [0.25, 0.3) is 0 Å². The number of hydrogen-bond acceptors (Lipinski definition) is 5. The summed E-state index contributed by atoms with van der Waals surface area (Å²) in [6.07, 6.45) is 2.80. The van der Waals surface area contributed by atoms with Crippen LogP contribution in [0, 0.1) is 0 Å². The van der Waals surface area contributed by atoms with Crippen LogP contribution in [0.15, 0.2) is 36.7 Å². The monoisotopic (exact) mass is 270 g/mol. The summed E-state index contributed by atoms with van der Waals surface area (Å²) in [4.78, 5) is 23.2. The molecule has 0 aliphatic carbocycles. The van der Waals surface area contributed by atoms with Crippen LogP contribution >= 0.6 is 0 Å². The van der Waals surface area contributed by atoms with E-state index in [0.29, 0.717) is 5.82 Å². The lowest BCUT2D eigenvalue weighted by molar-refractivity contribution is 0.0690. The van der Waals surface area contributed by atoms with Crippen LogP contribution in [0.5, 0.6) is 0 Å². The van der Waals surface area contributed by atoms with Gasteiger partial charge in [-0.1, -0.05) is 12.1 Å². The van der Waals surface area contributed by atoms with Gasteiger partial charge in [-0.15, -0.1) is 0 Å². The highest BCUT2D eigenvalue weighted by Gasteiger charge is 2.22. The van der Waals surface area contributed by atoms with E-state index in [2.05, 4.69) is 28.0 Å². The van der Waals surface area contributed by atoms with E-state index in [0.717, 1.165) is 24.5 Å². The molecule has 3 rings (SSSR count). The van der Waals surface area contributed by atoms with Crippen molar-refractivity contribution in [2.75, 3.05) is 29.9 Å². The molecule has 2 heterocycles. The normalized spacial score (nSPS) is 14.1. The Hall–Kier alpha value is -2.63. The minimum atomic E-state index is -1.07. The van der Waals surface area contributed by atoms with Crippen molar-refractivity contribution in [3.63, 3.8) is 0 Å². The van der Waals surface area contributed by atoms with E-state index in [1.54, 1.807) is 0 Å². The number of fused-ring (bicyclic) bond motifs is 1. The number of rotatable bonds is 2. The zero-order valence-corrected chi connectivity index (χ0v) is 11.0. The van der Waals surface area contributed by atoms with Gasteiger partial charge in [0.05, 0.1) is 23.8 Å². The van der Waals surface area contributed by atoms with Crippen molar-refractivity contribution in [3.8, 4) is 0 Å². The Labute approximate surface area is 116 Å². The van der Waals surface area contributed by atoms with Crippen LogP contribution in [0.1, 0.15) is 10.5 Å². The van der Waals surface area contributed by atoms with Crippen molar-refractivity contribution in [2.24, 2.45) is 0 Å². The molecule has 2 aromatic rings. The molecule has 0 unspecified atom stereocenters. The number of likely N-dealkylation sites (N-methyl/N-ethyl adjacent to an activating group) is 1. The molecule has 0 spiro atoms. The molecule has 1 N–H and O–H groups in total. The summed E-state index contributed by atoms with van der Waals surface area (Å²) in [5.41, 5.74) is 2.14. The first-order chi connectivity index (χ1) is 9.66. The number of carboxylic acids is 1. The van der Waals surface area contributed by atoms with E-state index in [1.807, 2.05) is 23.1 Å². The number of carbonyl (C=O) groups is 1. The minimum Gasteiger partial charge on any atom is -0.476 e. The van der Waals surface area contributed by atoms with Crippen molar-refractivity contribution in [3.05, 3.63) is 42.4 Å². The maximum Gasteiger partial charge on any atom is 0.356 e. The lowest BCUT2D eigenvalue weighted by Gasteiger charge is -2.36. The van der Waals surface area contributed by atoms with Crippen molar-refractivity contribution in [1.29, 1.82) is 0 Å². The Morgan fingerprint density at radius 1 is 1.15 bits per heavy atom. The number of aromatic nitrogens is 2. The maximum atomic E-state index is 10.8. The largest absolute Gasteiger partial charge is 0.476 e. The highest BCUT2D eigenvalue weighted by molar-refractivity contribution is 5.85. The average Bonchev–Trinajstić information content (AvgIpc) is 2.48. The van der Waals surface area contributed by atoms with E-state index in [4.69, 9.17) is 5.11 Å². The van der Waals surface area contributed by atoms with Crippen LogP contribution in [0.25, 0.3) is 0 Å². The smallest absolute Gasteiger partial charge is 0.356 e. The molecule has 6 nitrogen and oxygen atoms in total. The fraction of sp³-hybridized carbons (Fsp3) is 0.214. The Balaban J connectivity index is 1.99. The average molecular weight is 270 g/mol. The molecule has 20 heavy (non-hydrogen) atoms. The molecule has 1 aromatic carbocycles. The highest BCUT2D eigenvalue weighted by atomic mass is 16.4. The second-order valence-corrected chi connectivity index (χ2v) is 4.63. The highest BCUT2D eigenvalue weighted by Crippen LogP contribution is 2.35. The van der Waals surface area contributed by atoms with Gasteiger partial charge in [0, 0.05) is 20.1 Å². The van der Waals surface area contributed by atoms with Gasteiger partial charge in [-0.2, -0.15) is 0 Å². The second-order valence-electron chi connectivity index (χ2n) is 4.63. The summed E-state index contributed by atoms with van der Waals surface area (Å²) in [5, 5.41) is 8.86. The van der Waals surface area contributed by atoms with Crippen LogP contribution in [0.4, 0.5) is 17.2 Å². The lowest BCUT2D eigenvalue weighted by Crippen LogP contribution is -2.36. The van der Waals surface area contributed by atoms with E-state index >= 15 is 0 Å². The molecule has 0 fully saturated rings. The predicted molar refractivity (Wildman–Crippen MR) is 75.7 cm³/mol. The van der Waals surface area contributed by atoms with Crippen LogP contribution in [-0.2, 0) is 0 Å². The SMILES string of the molecule is CN1CCN(c2cnc(C(=O)O)cn2)c2ccccc21. The van der Waals surface area contributed by atoms with Crippen LogP contribution in [-0.4, -0.2) is 41.2 Å². The van der Waals surface area contributed by atoms with Gasteiger partial charge in [-0.05, 0) is 12.1 Å². The number of para-hydroxylation sites is 2. The third-order valence-corrected chi connectivity index (χ3v) is 3.38. The van der Waals surface area contributed by atoms with Gasteiger partial charge >= 0.3 is 5.97 Å². The fourth-order valence-corrected chi connectivity index (χ4v) is 2.32. The molecule has 102 valence electrons. The zero-order chi connectivity index (χ0) is 14.1. The van der Waals surface area contributed by atoms with E-state index in [-0.39, 0.29) is 5.69 Å². The van der Waals surface area contributed by atoms with Gasteiger partial charge < -0.3 is 14.9 Å². The molecule has 0 radical (unpaired) electrons. The van der Waals surface area contributed by atoms with E-state index in [9.17, 15) is 4.79 Å². The maximum absolute atomic E-state index is 10.8. The number of aromatic carboxylic acids is 1. The van der Waals surface area contributed by atoms with Gasteiger partial charge in [0.1, 0.15) is 0 Å². The van der Waals surface area contributed by atoms with Crippen molar-refractivity contribution >= 4 is 23.2 Å². The third kappa shape index (κ3) is 2.05. The topological polar surface area (TPSA) is 69.6 Å². The number of hydrogen-bond donors (Lipinski definition) is 1. The number of nitrogens with zero attached hydrogens (tertiary/aromatic N) is 4. The molecule has 6 heteroatoms. The molecule has 1 aliphatic rings. The van der Waals surface area contributed by atoms with Crippen LogP contribution in [0.3, 0.4) is 0 Å². The molecule has 1 aliphatic heterocycles. The quantitative estimate of drug-likeness (QED) is 0.896. The first-order valence-electron chi connectivity index (χ1n) is 6.30. The minimum absolute atomic E-state index is 0.0452. The van der Waals surface area contributed by atoms with Crippen molar-refractivity contribution < 1.29 is 9.90 Å². The molecular formula is C14H14N4O2. The van der Waals surface area contributed by atoms with Gasteiger partial charge in [-0.25, -0.2) is 14.8 Å². The molecule has 0 atom stereocenters. The van der Waals surface area contributed by atoms with E-state index < -0.39 is 5.97 Å². The number of carboxylic acid groups (broad SMARTS) is 1. The van der Waals surface area contributed by atoms with E-state index in [1.165, 1.54) is 12.4 Å². The number of benzene rings is 1. The summed E-state index contributed by atoms with van der Waals surface area (Å²) < 4.78 is 0. The summed E-state index contributed by atoms with van der Waals surface area (Å²) in [6, 6.07) is 8.06. The molecule has 0 saturated carbocycles. The first-order valence-corrected chi connectivity index (χ1v) is 6.30. The Morgan fingerprint density at radius 2 is 1.90 bits per heavy atom. The zero-order valence-electron chi connectivity index (χ0n) is 11.0. The van der Waals surface area contributed by atoms with Gasteiger partial charge in [0.2, 0.25) is 0 Å². The van der Waals surface area contributed by atoms with Gasteiger partial charge in [0.15, 0.2) is 11.5 Å². The summed E-state index contributed by atoms with van der Waals surface area (Å²) in [6.45, 7) is 1.66. The Bertz CT molecular complexity index is 642. The molecular weight excluding hydrogens is 256 g/mol. The van der Waals surface area contributed by atoms with Crippen LogP contribution < -0.4 is 9.80 Å². The summed E-state index contributed by atoms with van der Waals surface area (Å²) in [7, 11) is 2.05. The lowest BCUT2D eigenvalue weighted by atomic mass is 10.2. The predicted octanol–water partition coefficient (Wildman–Crippen LogP) is 1.76. The molecule has 1 aromatic heterocycles.